The van der Waals surface area contributed by atoms with Crippen LogP contribution in [0.15, 0.2) is 71.6 Å². The molecule has 3 N–H and O–H groups in total. The van der Waals surface area contributed by atoms with Crippen LogP contribution in [0.4, 0.5) is 11.4 Å². The van der Waals surface area contributed by atoms with Crippen molar-refractivity contribution in [1.82, 2.24) is 4.72 Å². The summed E-state index contributed by atoms with van der Waals surface area (Å²) in [5.74, 6) is -0.245. The highest BCUT2D eigenvalue weighted by Crippen LogP contribution is 2.29. The van der Waals surface area contributed by atoms with Crippen molar-refractivity contribution in [3.63, 3.8) is 0 Å². The van der Waals surface area contributed by atoms with E-state index < -0.39 is 22.0 Å². The molecule has 1 aliphatic heterocycles. The quantitative estimate of drug-likeness (QED) is 0.456. The molecule has 1 unspecified atom stereocenters. The molecule has 0 fully saturated rings. The number of halogens is 1. The molecule has 3 aromatic carbocycles. The molecule has 1 aliphatic rings. The second-order valence-corrected chi connectivity index (χ2v) is 9.79. The van der Waals surface area contributed by atoms with Crippen molar-refractivity contribution in [2.45, 2.75) is 23.8 Å². The first-order chi connectivity index (χ1) is 16.3. The highest BCUT2D eigenvalue weighted by atomic mass is 35.5. The van der Waals surface area contributed by atoms with Gasteiger partial charge in [-0.05, 0) is 53.9 Å². The first-order valence-corrected chi connectivity index (χ1v) is 12.3. The molecule has 10 heteroatoms. The fraction of sp³-hybridized carbons (Fsp3) is 0.167. The molecule has 0 radical (unpaired) electrons. The summed E-state index contributed by atoms with van der Waals surface area (Å²) in [5, 5.41) is 5.74. The lowest BCUT2D eigenvalue weighted by molar-refractivity contribution is -0.118. The lowest BCUT2D eigenvalue weighted by atomic mass is 10.0. The number of sulfonamides is 1. The Morgan fingerprint density at radius 2 is 1.82 bits per heavy atom. The monoisotopic (exact) mass is 499 g/mol. The van der Waals surface area contributed by atoms with E-state index in [9.17, 15) is 18.0 Å². The standard InChI is InChI=1S/C24H22ClN3O5S/c1-33-21-11-8-17(14-19(21)25)26-24(30)23(15-5-3-2-4-6-15)28-34(31,32)18-9-10-20-16(13-18)7-12-22(29)27-20/h2-6,8-11,13-14,23,28H,7,12H2,1H3,(H,26,30)(H,27,29). The molecule has 34 heavy (non-hydrogen) atoms. The van der Waals surface area contributed by atoms with Gasteiger partial charge in [-0.15, -0.1) is 0 Å². The van der Waals surface area contributed by atoms with Crippen LogP contribution in [0.5, 0.6) is 5.75 Å². The van der Waals surface area contributed by atoms with Gasteiger partial charge in [-0.3, -0.25) is 9.59 Å². The Morgan fingerprint density at radius 3 is 2.53 bits per heavy atom. The minimum absolute atomic E-state index is 0.00335. The van der Waals surface area contributed by atoms with E-state index in [4.69, 9.17) is 16.3 Å². The molecule has 3 aromatic rings. The maximum Gasteiger partial charge on any atom is 0.247 e. The number of nitrogens with one attached hydrogen (secondary N) is 3. The van der Waals surface area contributed by atoms with E-state index in [1.54, 1.807) is 48.5 Å². The number of hydrogen-bond donors (Lipinski definition) is 3. The van der Waals surface area contributed by atoms with E-state index in [1.165, 1.54) is 25.3 Å². The second-order valence-electron chi connectivity index (χ2n) is 7.67. The Hall–Kier alpha value is -3.40. The van der Waals surface area contributed by atoms with Crippen LogP contribution in [-0.2, 0) is 26.0 Å². The zero-order valence-electron chi connectivity index (χ0n) is 18.2. The van der Waals surface area contributed by atoms with Gasteiger partial charge in [0.15, 0.2) is 0 Å². The molecule has 1 heterocycles. The largest absolute Gasteiger partial charge is 0.495 e. The minimum atomic E-state index is -4.08. The first-order valence-electron chi connectivity index (χ1n) is 10.4. The Balaban J connectivity index is 1.62. The van der Waals surface area contributed by atoms with E-state index in [1.807, 2.05) is 0 Å². The lowest BCUT2D eigenvalue weighted by Crippen LogP contribution is -2.37. The number of amides is 2. The number of methoxy groups -OCH3 is 1. The smallest absolute Gasteiger partial charge is 0.247 e. The summed E-state index contributed by atoms with van der Waals surface area (Å²) in [7, 11) is -2.60. The molecular weight excluding hydrogens is 478 g/mol. The molecule has 8 nitrogen and oxygen atoms in total. The van der Waals surface area contributed by atoms with Crippen LogP contribution < -0.4 is 20.1 Å². The fourth-order valence-electron chi connectivity index (χ4n) is 3.63. The third-order valence-electron chi connectivity index (χ3n) is 5.37. The summed E-state index contributed by atoms with van der Waals surface area (Å²) in [5.41, 5.74) is 2.16. The number of anilines is 2. The predicted octanol–water partition coefficient (Wildman–Crippen LogP) is 3.89. The summed E-state index contributed by atoms with van der Waals surface area (Å²) in [4.78, 5) is 24.8. The average Bonchev–Trinajstić information content (AvgIpc) is 2.83. The van der Waals surface area contributed by atoms with Crippen molar-refractivity contribution in [2.75, 3.05) is 17.7 Å². The van der Waals surface area contributed by atoms with Crippen LogP contribution in [0, 0.1) is 0 Å². The van der Waals surface area contributed by atoms with Crippen molar-refractivity contribution in [1.29, 1.82) is 0 Å². The average molecular weight is 500 g/mol. The van der Waals surface area contributed by atoms with Gasteiger partial charge in [0.05, 0.1) is 17.0 Å². The SMILES string of the molecule is COc1ccc(NC(=O)C(NS(=O)(=O)c2ccc3c(c2)CCC(=O)N3)c2ccccc2)cc1Cl. The number of carbonyl (C=O) groups excluding carboxylic acids is 2. The summed E-state index contributed by atoms with van der Waals surface area (Å²) >= 11 is 6.15. The summed E-state index contributed by atoms with van der Waals surface area (Å²) in [6, 6.07) is 16.5. The van der Waals surface area contributed by atoms with E-state index >= 15 is 0 Å². The second kappa shape index (κ2) is 9.84. The number of hydrogen-bond acceptors (Lipinski definition) is 5. The van der Waals surface area contributed by atoms with Crippen LogP contribution >= 0.6 is 11.6 Å². The van der Waals surface area contributed by atoms with Gasteiger partial charge in [0, 0.05) is 17.8 Å². The Kier molecular flexibility index (Phi) is 6.87. The van der Waals surface area contributed by atoms with Gasteiger partial charge >= 0.3 is 0 Å². The van der Waals surface area contributed by atoms with Gasteiger partial charge in [0.1, 0.15) is 11.8 Å². The van der Waals surface area contributed by atoms with E-state index in [-0.39, 0.29) is 17.2 Å². The molecule has 176 valence electrons. The molecule has 0 bridgehead atoms. The number of fused-ring (bicyclic) bond motifs is 1. The zero-order valence-corrected chi connectivity index (χ0v) is 19.7. The van der Waals surface area contributed by atoms with Gasteiger partial charge in [0.25, 0.3) is 0 Å². The summed E-state index contributed by atoms with van der Waals surface area (Å²) in [6.45, 7) is 0. The van der Waals surface area contributed by atoms with E-state index in [0.29, 0.717) is 34.1 Å². The van der Waals surface area contributed by atoms with Gasteiger partial charge in [-0.2, -0.15) is 4.72 Å². The third kappa shape index (κ3) is 5.22. The lowest BCUT2D eigenvalue weighted by Gasteiger charge is -2.21. The van der Waals surface area contributed by atoms with Crippen molar-refractivity contribution in [2.24, 2.45) is 0 Å². The molecule has 1 atom stereocenters. The number of benzene rings is 3. The summed E-state index contributed by atoms with van der Waals surface area (Å²) < 4.78 is 34.1. The van der Waals surface area contributed by atoms with Crippen LogP contribution in [0.2, 0.25) is 5.02 Å². The van der Waals surface area contributed by atoms with Crippen molar-refractivity contribution < 1.29 is 22.7 Å². The van der Waals surface area contributed by atoms with Crippen LogP contribution in [0.1, 0.15) is 23.6 Å². The Morgan fingerprint density at radius 1 is 1.06 bits per heavy atom. The molecule has 0 spiro atoms. The van der Waals surface area contributed by atoms with Crippen molar-refractivity contribution >= 4 is 44.8 Å². The number of carbonyl (C=O) groups is 2. The predicted molar refractivity (Wildman–Crippen MR) is 130 cm³/mol. The highest BCUT2D eigenvalue weighted by molar-refractivity contribution is 7.89. The van der Waals surface area contributed by atoms with Gasteiger partial charge in [0.2, 0.25) is 21.8 Å². The Labute approximate surface area is 202 Å². The maximum atomic E-state index is 13.2. The third-order valence-corrected chi connectivity index (χ3v) is 7.09. The normalized spacial score (nSPS) is 14.0. The maximum absolute atomic E-state index is 13.2. The molecular formula is C24H22ClN3O5S. The van der Waals surface area contributed by atoms with Crippen LogP contribution in [-0.4, -0.2) is 27.3 Å². The topological polar surface area (TPSA) is 114 Å². The van der Waals surface area contributed by atoms with E-state index in [0.717, 1.165) is 5.56 Å². The number of rotatable bonds is 7. The molecule has 0 aliphatic carbocycles. The molecule has 0 saturated carbocycles. The molecule has 0 aromatic heterocycles. The molecule has 4 rings (SSSR count). The van der Waals surface area contributed by atoms with Crippen molar-refractivity contribution in [3.8, 4) is 5.75 Å². The van der Waals surface area contributed by atoms with Crippen molar-refractivity contribution in [3.05, 3.63) is 82.9 Å². The molecule has 0 saturated heterocycles. The Bertz CT molecular complexity index is 1350. The summed E-state index contributed by atoms with van der Waals surface area (Å²) in [6.07, 6.45) is 0.717. The van der Waals surface area contributed by atoms with Gasteiger partial charge < -0.3 is 15.4 Å². The van der Waals surface area contributed by atoms with Gasteiger partial charge in [-0.1, -0.05) is 41.9 Å². The van der Waals surface area contributed by atoms with Gasteiger partial charge in [-0.25, -0.2) is 8.42 Å². The van der Waals surface area contributed by atoms with E-state index in [2.05, 4.69) is 15.4 Å². The highest BCUT2D eigenvalue weighted by Gasteiger charge is 2.28. The fourth-order valence-corrected chi connectivity index (χ4v) is 5.12. The zero-order chi connectivity index (χ0) is 24.3. The van der Waals surface area contributed by atoms with Crippen LogP contribution in [0.25, 0.3) is 0 Å². The number of ether oxygens (including phenoxy) is 1. The number of aryl methyl sites for hydroxylation is 1. The first kappa shape index (κ1) is 23.7. The molecule has 2 amide bonds. The minimum Gasteiger partial charge on any atom is -0.495 e. The van der Waals surface area contributed by atoms with Crippen LogP contribution in [0.3, 0.4) is 0 Å².